The molecule has 0 atom stereocenters. The zero-order valence-electron chi connectivity index (χ0n) is 12.8. The average Bonchev–Trinajstić information content (AvgIpc) is 2.55. The van der Waals surface area contributed by atoms with Crippen LogP contribution in [0.15, 0.2) is 24.3 Å². The van der Waals surface area contributed by atoms with E-state index in [1.165, 1.54) is 0 Å². The van der Waals surface area contributed by atoms with E-state index in [1.807, 2.05) is 24.3 Å². The second kappa shape index (κ2) is 8.79. The van der Waals surface area contributed by atoms with Crippen LogP contribution in [0.1, 0.15) is 24.2 Å². The van der Waals surface area contributed by atoms with Gasteiger partial charge in [0, 0.05) is 27.1 Å². The molecule has 0 bridgehead atoms. The Hall–Kier alpha value is -2.40. The molecule has 22 heavy (non-hydrogen) atoms. The maximum absolute atomic E-state index is 4.99. The molecule has 4 nitrogen and oxygen atoms in total. The van der Waals surface area contributed by atoms with E-state index in [4.69, 9.17) is 9.47 Å². The zero-order chi connectivity index (χ0) is 15.6. The van der Waals surface area contributed by atoms with Gasteiger partial charge in [-0.05, 0) is 24.0 Å². The molecule has 0 amide bonds. The van der Waals surface area contributed by atoms with E-state index >= 15 is 0 Å². The summed E-state index contributed by atoms with van der Waals surface area (Å²) in [5.41, 5.74) is 2.86. The van der Waals surface area contributed by atoms with E-state index in [-0.39, 0.29) is 0 Å². The highest BCUT2D eigenvalue weighted by atomic mass is 16.5. The van der Waals surface area contributed by atoms with Crippen molar-refractivity contribution in [2.45, 2.75) is 12.8 Å². The van der Waals surface area contributed by atoms with Crippen molar-refractivity contribution in [3.05, 3.63) is 35.7 Å². The number of nitrogens with zero attached hydrogens (tertiary/aromatic N) is 2. The van der Waals surface area contributed by atoms with E-state index < -0.39 is 0 Å². The fraction of sp³-hybridized carbons (Fsp3) is 0.333. The minimum atomic E-state index is 0.600. The van der Waals surface area contributed by atoms with Crippen LogP contribution in [0.3, 0.4) is 0 Å². The molecule has 0 unspecified atom stereocenters. The SMILES string of the molecule is COCCC#Cc1nc2ccccc2nc1C#CCCOC. The smallest absolute Gasteiger partial charge is 0.148 e. The summed E-state index contributed by atoms with van der Waals surface area (Å²) < 4.78 is 9.98. The maximum atomic E-state index is 4.99. The van der Waals surface area contributed by atoms with Crippen molar-refractivity contribution in [1.29, 1.82) is 0 Å². The van der Waals surface area contributed by atoms with Gasteiger partial charge in [-0.1, -0.05) is 24.0 Å². The first kappa shape index (κ1) is 16.0. The number of hydrogen-bond acceptors (Lipinski definition) is 4. The summed E-state index contributed by atoms with van der Waals surface area (Å²) in [6.45, 7) is 1.20. The molecule has 0 saturated carbocycles. The number of ether oxygens (including phenoxy) is 2. The van der Waals surface area contributed by atoms with Crippen molar-refractivity contribution in [3.8, 4) is 23.7 Å². The molecule has 2 aromatic rings. The summed E-state index contributed by atoms with van der Waals surface area (Å²) in [4.78, 5) is 9.12. The molecule has 1 aromatic carbocycles. The van der Waals surface area contributed by atoms with Crippen molar-refractivity contribution < 1.29 is 9.47 Å². The molecule has 0 aliphatic carbocycles. The van der Waals surface area contributed by atoms with Gasteiger partial charge >= 0.3 is 0 Å². The van der Waals surface area contributed by atoms with Crippen LogP contribution in [-0.2, 0) is 9.47 Å². The molecule has 112 valence electrons. The number of methoxy groups -OCH3 is 2. The predicted molar refractivity (Wildman–Crippen MR) is 86.3 cm³/mol. The number of aromatic nitrogens is 2. The van der Waals surface area contributed by atoms with Gasteiger partial charge in [-0.2, -0.15) is 0 Å². The topological polar surface area (TPSA) is 44.2 Å². The number of hydrogen-bond donors (Lipinski definition) is 0. The van der Waals surface area contributed by atoms with Crippen LogP contribution >= 0.6 is 0 Å². The minimum Gasteiger partial charge on any atom is -0.384 e. The second-order valence-corrected chi connectivity index (χ2v) is 4.50. The molecule has 0 aliphatic rings. The molecule has 0 spiro atoms. The number of rotatable bonds is 4. The summed E-state index contributed by atoms with van der Waals surface area (Å²) >= 11 is 0. The monoisotopic (exact) mass is 294 g/mol. The van der Waals surface area contributed by atoms with Crippen LogP contribution in [-0.4, -0.2) is 37.4 Å². The standard InChI is InChI=1S/C18H18N2O2/c1-21-13-7-5-11-17-18(12-6-8-14-22-2)20-16-10-4-3-9-15(16)19-17/h3-4,9-10H,7-8,13-14H2,1-2H3. The fourth-order valence-corrected chi connectivity index (χ4v) is 1.77. The highest BCUT2D eigenvalue weighted by molar-refractivity contribution is 5.75. The Kier molecular flexibility index (Phi) is 6.39. The Morgan fingerprint density at radius 1 is 0.818 bits per heavy atom. The van der Waals surface area contributed by atoms with Crippen LogP contribution < -0.4 is 0 Å². The summed E-state index contributed by atoms with van der Waals surface area (Å²) in [5.74, 6) is 12.2. The maximum Gasteiger partial charge on any atom is 0.148 e. The highest BCUT2D eigenvalue weighted by Crippen LogP contribution is 2.11. The first-order valence-corrected chi connectivity index (χ1v) is 7.07. The van der Waals surface area contributed by atoms with Crippen LogP contribution in [0.2, 0.25) is 0 Å². The molecule has 4 heteroatoms. The van der Waals surface area contributed by atoms with E-state index in [2.05, 4.69) is 33.6 Å². The quantitative estimate of drug-likeness (QED) is 0.641. The van der Waals surface area contributed by atoms with Crippen molar-refractivity contribution in [2.24, 2.45) is 0 Å². The van der Waals surface area contributed by atoms with Gasteiger partial charge in [-0.15, -0.1) is 0 Å². The fourth-order valence-electron chi connectivity index (χ4n) is 1.77. The van der Waals surface area contributed by atoms with Gasteiger partial charge in [-0.25, -0.2) is 9.97 Å². The third-order valence-corrected chi connectivity index (χ3v) is 2.85. The lowest BCUT2D eigenvalue weighted by molar-refractivity contribution is 0.206. The lowest BCUT2D eigenvalue weighted by Crippen LogP contribution is -1.96. The molecule has 0 saturated heterocycles. The average molecular weight is 294 g/mol. The first-order valence-electron chi connectivity index (χ1n) is 7.07. The Balaban J connectivity index is 2.35. The minimum absolute atomic E-state index is 0.600. The molecular weight excluding hydrogens is 276 g/mol. The highest BCUT2D eigenvalue weighted by Gasteiger charge is 2.04. The van der Waals surface area contributed by atoms with Gasteiger partial charge in [-0.3, -0.25) is 0 Å². The molecule has 0 fully saturated rings. The van der Waals surface area contributed by atoms with Gasteiger partial charge in [0.05, 0.1) is 24.2 Å². The third kappa shape index (κ3) is 4.56. The van der Waals surface area contributed by atoms with Crippen molar-refractivity contribution in [2.75, 3.05) is 27.4 Å². The number of benzene rings is 1. The van der Waals surface area contributed by atoms with Crippen molar-refractivity contribution in [3.63, 3.8) is 0 Å². The molecule has 2 rings (SSSR count). The summed E-state index contributed by atoms with van der Waals surface area (Å²) in [6.07, 6.45) is 1.31. The Morgan fingerprint density at radius 2 is 1.27 bits per heavy atom. The molecule has 0 N–H and O–H groups in total. The summed E-state index contributed by atoms with van der Waals surface area (Å²) in [6, 6.07) is 7.71. The van der Waals surface area contributed by atoms with Crippen LogP contribution in [0.4, 0.5) is 0 Å². The van der Waals surface area contributed by atoms with E-state index in [0.717, 1.165) is 11.0 Å². The molecular formula is C18H18N2O2. The van der Waals surface area contributed by atoms with E-state index in [1.54, 1.807) is 14.2 Å². The van der Waals surface area contributed by atoms with Gasteiger partial charge in [0.2, 0.25) is 0 Å². The van der Waals surface area contributed by atoms with Crippen LogP contribution in [0, 0.1) is 23.7 Å². The summed E-state index contributed by atoms with van der Waals surface area (Å²) in [5, 5.41) is 0. The third-order valence-electron chi connectivity index (χ3n) is 2.85. The second-order valence-electron chi connectivity index (χ2n) is 4.50. The Labute approximate surface area is 130 Å². The van der Waals surface area contributed by atoms with Gasteiger partial charge < -0.3 is 9.47 Å². The molecule has 0 aliphatic heterocycles. The number of fused-ring (bicyclic) bond motifs is 1. The molecule has 1 heterocycles. The van der Waals surface area contributed by atoms with Gasteiger partial charge in [0.15, 0.2) is 0 Å². The van der Waals surface area contributed by atoms with Crippen molar-refractivity contribution in [1.82, 2.24) is 9.97 Å². The lowest BCUT2D eigenvalue weighted by Gasteiger charge is -2.00. The van der Waals surface area contributed by atoms with E-state index in [9.17, 15) is 0 Å². The summed E-state index contributed by atoms with van der Waals surface area (Å²) in [7, 11) is 3.31. The molecule has 0 radical (unpaired) electrons. The lowest BCUT2D eigenvalue weighted by atomic mass is 10.2. The van der Waals surface area contributed by atoms with Crippen LogP contribution in [0.5, 0.6) is 0 Å². The largest absolute Gasteiger partial charge is 0.384 e. The predicted octanol–water partition coefficient (Wildman–Crippen LogP) is 2.41. The van der Waals surface area contributed by atoms with Crippen LogP contribution in [0.25, 0.3) is 11.0 Å². The Bertz CT molecular complexity index is 684. The molecule has 1 aromatic heterocycles. The van der Waals surface area contributed by atoms with E-state index in [0.29, 0.717) is 37.4 Å². The first-order chi connectivity index (χ1) is 10.8. The normalized spacial score (nSPS) is 9.73. The van der Waals surface area contributed by atoms with Gasteiger partial charge in [0.25, 0.3) is 0 Å². The number of para-hydroxylation sites is 2. The van der Waals surface area contributed by atoms with Gasteiger partial charge in [0.1, 0.15) is 11.4 Å². The zero-order valence-corrected chi connectivity index (χ0v) is 12.8. The van der Waals surface area contributed by atoms with Crippen molar-refractivity contribution >= 4 is 11.0 Å². The Morgan fingerprint density at radius 3 is 1.68 bits per heavy atom.